The molecule has 0 radical (unpaired) electrons. The molecule has 2 rings (SSSR count). The fourth-order valence-corrected chi connectivity index (χ4v) is 2.56. The summed E-state index contributed by atoms with van der Waals surface area (Å²) in [5.41, 5.74) is 2.61. The minimum Gasteiger partial charge on any atom is -0.317 e. The average Bonchev–Trinajstić information content (AvgIpc) is 2.36. The third kappa shape index (κ3) is 3.29. The van der Waals surface area contributed by atoms with Crippen LogP contribution in [-0.2, 0) is 12.8 Å². The van der Waals surface area contributed by atoms with E-state index in [1.54, 1.807) is 0 Å². The van der Waals surface area contributed by atoms with Crippen LogP contribution in [-0.4, -0.2) is 18.1 Å². The van der Waals surface area contributed by atoms with E-state index >= 15 is 0 Å². The molecular weight excluding hydrogens is 208 g/mol. The zero-order chi connectivity index (χ0) is 12.1. The second-order valence-electron chi connectivity index (χ2n) is 5.12. The minimum atomic E-state index is 0.856. The second-order valence-corrected chi connectivity index (χ2v) is 5.12. The van der Waals surface area contributed by atoms with Crippen LogP contribution in [0, 0.1) is 11.8 Å². The molecule has 17 heavy (non-hydrogen) atoms. The van der Waals surface area contributed by atoms with Crippen molar-refractivity contribution in [3.8, 4) is 0 Å². The smallest absolute Gasteiger partial charge is 0.0406 e. The predicted octanol–water partition coefficient (Wildman–Crippen LogP) is 2.82. The molecular formula is C15H24N2. The summed E-state index contributed by atoms with van der Waals surface area (Å²) < 4.78 is 0. The van der Waals surface area contributed by atoms with Gasteiger partial charge >= 0.3 is 0 Å². The quantitative estimate of drug-likeness (QED) is 0.816. The van der Waals surface area contributed by atoms with Gasteiger partial charge in [0.25, 0.3) is 0 Å². The highest BCUT2D eigenvalue weighted by molar-refractivity contribution is 5.14. The van der Waals surface area contributed by atoms with E-state index in [1.165, 1.54) is 37.1 Å². The molecule has 2 unspecified atom stereocenters. The highest BCUT2D eigenvalue weighted by atomic mass is 14.9. The van der Waals surface area contributed by atoms with E-state index in [0.29, 0.717) is 0 Å². The van der Waals surface area contributed by atoms with Crippen molar-refractivity contribution in [1.82, 2.24) is 10.3 Å². The molecule has 1 heterocycles. The van der Waals surface area contributed by atoms with E-state index in [0.717, 1.165) is 24.8 Å². The zero-order valence-electron chi connectivity index (χ0n) is 11.1. The van der Waals surface area contributed by atoms with Crippen LogP contribution >= 0.6 is 0 Å². The molecule has 1 aliphatic carbocycles. The number of pyridine rings is 1. The fourth-order valence-electron chi connectivity index (χ4n) is 2.56. The SMILES string of the molecule is CCNCC1CCC1Cc1ccc(CC)cn1. The summed E-state index contributed by atoms with van der Waals surface area (Å²) in [6.07, 6.45) is 7.06. The molecule has 94 valence electrons. The van der Waals surface area contributed by atoms with Gasteiger partial charge in [-0.3, -0.25) is 4.98 Å². The maximum absolute atomic E-state index is 4.57. The Labute approximate surface area is 105 Å². The van der Waals surface area contributed by atoms with Crippen molar-refractivity contribution in [2.75, 3.05) is 13.1 Å². The van der Waals surface area contributed by atoms with Crippen LogP contribution in [0.5, 0.6) is 0 Å². The number of nitrogens with one attached hydrogen (secondary N) is 1. The van der Waals surface area contributed by atoms with Crippen molar-refractivity contribution in [2.24, 2.45) is 11.8 Å². The van der Waals surface area contributed by atoms with Gasteiger partial charge < -0.3 is 5.32 Å². The van der Waals surface area contributed by atoms with Crippen molar-refractivity contribution in [3.63, 3.8) is 0 Å². The normalized spacial score (nSPS) is 23.4. The Kier molecular flexibility index (Phi) is 4.55. The Bertz CT molecular complexity index is 331. The third-order valence-corrected chi connectivity index (χ3v) is 4.00. The molecule has 1 aromatic rings. The monoisotopic (exact) mass is 232 g/mol. The van der Waals surface area contributed by atoms with Crippen molar-refractivity contribution >= 4 is 0 Å². The number of hydrogen-bond donors (Lipinski definition) is 1. The van der Waals surface area contributed by atoms with Crippen LogP contribution in [0.2, 0.25) is 0 Å². The highest BCUT2D eigenvalue weighted by Crippen LogP contribution is 2.35. The van der Waals surface area contributed by atoms with Gasteiger partial charge in [-0.2, -0.15) is 0 Å². The second kappa shape index (κ2) is 6.15. The number of hydrogen-bond acceptors (Lipinski definition) is 2. The van der Waals surface area contributed by atoms with E-state index in [9.17, 15) is 0 Å². The number of rotatable bonds is 6. The minimum absolute atomic E-state index is 0.856. The number of aromatic nitrogens is 1. The first-order chi connectivity index (χ1) is 8.33. The standard InChI is InChI=1S/C15H24N2/c1-3-12-5-8-15(17-10-12)9-13-6-7-14(13)11-16-4-2/h5,8,10,13-14,16H,3-4,6-7,9,11H2,1-2H3. The molecule has 0 aliphatic heterocycles. The molecule has 0 saturated heterocycles. The van der Waals surface area contributed by atoms with Crippen LogP contribution in [0.3, 0.4) is 0 Å². The molecule has 2 nitrogen and oxygen atoms in total. The summed E-state index contributed by atoms with van der Waals surface area (Å²) in [6.45, 7) is 6.63. The van der Waals surface area contributed by atoms with Crippen molar-refractivity contribution in [2.45, 2.75) is 39.5 Å². The Morgan fingerprint density at radius 1 is 1.24 bits per heavy atom. The van der Waals surface area contributed by atoms with Gasteiger partial charge in [0.1, 0.15) is 0 Å². The van der Waals surface area contributed by atoms with Gasteiger partial charge in [-0.15, -0.1) is 0 Å². The lowest BCUT2D eigenvalue weighted by atomic mass is 9.71. The fraction of sp³-hybridized carbons (Fsp3) is 0.667. The number of nitrogens with zero attached hydrogens (tertiary/aromatic N) is 1. The van der Waals surface area contributed by atoms with Gasteiger partial charge in [0.15, 0.2) is 0 Å². The van der Waals surface area contributed by atoms with E-state index in [-0.39, 0.29) is 0 Å². The van der Waals surface area contributed by atoms with Crippen molar-refractivity contribution < 1.29 is 0 Å². The van der Waals surface area contributed by atoms with Gasteiger partial charge in [0.2, 0.25) is 0 Å². The van der Waals surface area contributed by atoms with Gasteiger partial charge in [-0.05, 0) is 62.2 Å². The first kappa shape index (κ1) is 12.6. The van der Waals surface area contributed by atoms with Crippen LogP contribution < -0.4 is 5.32 Å². The van der Waals surface area contributed by atoms with Gasteiger partial charge in [0.05, 0.1) is 0 Å². The average molecular weight is 232 g/mol. The molecule has 1 fully saturated rings. The molecule has 0 amide bonds. The van der Waals surface area contributed by atoms with E-state index < -0.39 is 0 Å². The van der Waals surface area contributed by atoms with Gasteiger partial charge in [-0.25, -0.2) is 0 Å². The highest BCUT2D eigenvalue weighted by Gasteiger charge is 2.30. The summed E-state index contributed by atoms with van der Waals surface area (Å²) in [4.78, 5) is 4.57. The molecule has 1 aliphatic rings. The van der Waals surface area contributed by atoms with E-state index in [1.807, 2.05) is 6.20 Å². The first-order valence-electron chi connectivity index (χ1n) is 6.98. The summed E-state index contributed by atoms with van der Waals surface area (Å²) >= 11 is 0. The largest absolute Gasteiger partial charge is 0.317 e. The third-order valence-electron chi connectivity index (χ3n) is 4.00. The van der Waals surface area contributed by atoms with Crippen molar-refractivity contribution in [3.05, 3.63) is 29.6 Å². The summed E-state index contributed by atoms with van der Waals surface area (Å²) in [5, 5.41) is 3.46. The predicted molar refractivity (Wildman–Crippen MR) is 72.1 cm³/mol. The Morgan fingerprint density at radius 3 is 2.59 bits per heavy atom. The molecule has 1 aromatic heterocycles. The molecule has 2 atom stereocenters. The van der Waals surface area contributed by atoms with E-state index in [4.69, 9.17) is 0 Å². The molecule has 0 bridgehead atoms. The van der Waals surface area contributed by atoms with Crippen LogP contribution in [0.15, 0.2) is 18.3 Å². The van der Waals surface area contributed by atoms with E-state index in [2.05, 4.69) is 36.3 Å². The summed E-state index contributed by atoms with van der Waals surface area (Å²) in [7, 11) is 0. The lowest BCUT2D eigenvalue weighted by molar-refractivity contribution is 0.170. The molecule has 0 spiro atoms. The molecule has 1 saturated carbocycles. The van der Waals surface area contributed by atoms with Gasteiger partial charge in [0, 0.05) is 11.9 Å². The Hall–Kier alpha value is -0.890. The van der Waals surface area contributed by atoms with Crippen molar-refractivity contribution in [1.29, 1.82) is 0 Å². The lowest BCUT2D eigenvalue weighted by Crippen LogP contribution is -2.36. The number of aryl methyl sites for hydroxylation is 1. The lowest BCUT2D eigenvalue weighted by Gasteiger charge is -2.36. The van der Waals surface area contributed by atoms with Gasteiger partial charge in [-0.1, -0.05) is 19.9 Å². The topological polar surface area (TPSA) is 24.9 Å². The molecule has 0 aromatic carbocycles. The summed E-state index contributed by atoms with van der Waals surface area (Å²) in [6, 6.07) is 4.43. The summed E-state index contributed by atoms with van der Waals surface area (Å²) in [5.74, 6) is 1.73. The van der Waals surface area contributed by atoms with Crippen LogP contribution in [0.4, 0.5) is 0 Å². The Morgan fingerprint density at radius 2 is 2.06 bits per heavy atom. The maximum Gasteiger partial charge on any atom is 0.0406 e. The zero-order valence-corrected chi connectivity index (χ0v) is 11.1. The maximum atomic E-state index is 4.57. The van der Waals surface area contributed by atoms with Crippen LogP contribution in [0.25, 0.3) is 0 Å². The van der Waals surface area contributed by atoms with Crippen LogP contribution in [0.1, 0.15) is 37.9 Å². The Balaban J connectivity index is 1.83. The first-order valence-corrected chi connectivity index (χ1v) is 6.98. The molecule has 2 heteroatoms. The molecule has 1 N–H and O–H groups in total.